The lowest BCUT2D eigenvalue weighted by atomic mass is 9.85. The van der Waals surface area contributed by atoms with E-state index in [9.17, 15) is 9.59 Å². The first-order chi connectivity index (χ1) is 13.4. The number of imide groups is 1. The zero-order chi connectivity index (χ0) is 20.3. The molecule has 0 bridgehead atoms. The Bertz CT molecular complexity index is 717. The van der Waals surface area contributed by atoms with Gasteiger partial charge >= 0.3 is 6.03 Å². The predicted octanol–water partition coefficient (Wildman–Crippen LogP) is 1.16. The number of hydrogen-bond donors (Lipinski definition) is 2. The van der Waals surface area contributed by atoms with Gasteiger partial charge in [-0.25, -0.2) is 9.78 Å². The summed E-state index contributed by atoms with van der Waals surface area (Å²) in [5.41, 5.74) is -0.790. The van der Waals surface area contributed by atoms with Gasteiger partial charge in [0, 0.05) is 39.8 Å². The van der Waals surface area contributed by atoms with E-state index >= 15 is 0 Å². The molecule has 3 amide bonds. The van der Waals surface area contributed by atoms with Crippen molar-refractivity contribution in [1.29, 1.82) is 0 Å². The van der Waals surface area contributed by atoms with Gasteiger partial charge in [-0.2, -0.15) is 0 Å². The molecule has 0 aromatic carbocycles. The second-order valence-electron chi connectivity index (χ2n) is 7.85. The molecule has 1 aromatic heterocycles. The molecule has 154 valence electrons. The number of carbonyl (C=O) groups is 2. The average molecular weight is 390 g/mol. The zero-order valence-corrected chi connectivity index (χ0v) is 16.9. The molecule has 2 aliphatic heterocycles. The molecule has 0 radical (unpaired) electrons. The van der Waals surface area contributed by atoms with Gasteiger partial charge in [0.25, 0.3) is 5.91 Å². The molecule has 2 saturated heterocycles. The smallest absolute Gasteiger partial charge is 0.327 e. The Morgan fingerprint density at radius 3 is 2.57 bits per heavy atom. The molecular weight excluding hydrogens is 360 g/mol. The number of hydrogen-bond acceptors (Lipinski definition) is 7. The van der Waals surface area contributed by atoms with Crippen LogP contribution in [0.25, 0.3) is 0 Å². The standard InChI is InChI=1S/C19H30N6O3/c1-14(2)13-25-18(28)24(7-4-10-26)17(27)19(25)5-8-23(9-6-19)16-12-21-11-15(20-3)22-16/h11-12,14,26H,4-10,13H2,1-3H3,(H,20,22). The SMILES string of the molecule is CNc1cncc(N2CCC3(CC2)C(=O)N(CCCO)C(=O)N3CC(C)C)n1. The fourth-order valence-corrected chi connectivity index (χ4v) is 4.04. The summed E-state index contributed by atoms with van der Waals surface area (Å²) in [7, 11) is 1.80. The van der Waals surface area contributed by atoms with Gasteiger partial charge in [0.1, 0.15) is 17.2 Å². The van der Waals surface area contributed by atoms with Gasteiger partial charge in [0.15, 0.2) is 0 Å². The number of nitrogens with one attached hydrogen (secondary N) is 1. The normalized spacial score (nSPS) is 19.2. The molecule has 2 aliphatic rings. The first kappa shape index (κ1) is 20.3. The highest BCUT2D eigenvalue weighted by atomic mass is 16.3. The van der Waals surface area contributed by atoms with Crippen molar-refractivity contribution in [2.24, 2.45) is 5.92 Å². The fraction of sp³-hybridized carbons (Fsp3) is 0.684. The van der Waals surface area contributed by atoms with Crippen LogP contribution in [0.5, 0.6) is 0 Å². The van der Waals surface area contributed by atoms with Gasteiger partial charge in [-0.1, -0.05) is 13.8 Å². The first-order valence-corrected chi connectivity index (χ1v) is 9.92. The van der Waals surface area contributed by atoms with Crippen LogP contribution in [-0.2, 0) is 4.79 Å². The van der Waals surface area contributed by atoms with E-state index in [2.05, 4.69) is 34.0 Å². The van der Waals surface area contributed by atoms with Gasteiger partial charge < -0.3 is 20.2 Å². The van der Waals surface area contributed by atoms with Gasteiger partial charge in [0.05, 0.1) is 12.4 Å². The highest BCUT2D eigenvalue weighted by molar-refractivity contribution is 6.07. The van der Waals surface area contributed by atoms with Crippen LogP contribution in [0.15, 0.2) is 12.4 Å². The van der Waals surface area contributed by atoms with E-state index in [1.165, 1.54) is 4.90 Å². The van der Waals surface area contributed by atoms with Crippen LogP contribution >= 0.6 is 0 Å². The Labute approximate surface area is 165 Å². The molecule has 9 heteroatoms. The molecule has 0 unspecified atom stereocenters. The maximum Gasteiger partial charge on any atom is 0.327 e. The van der Waals surface area contributed by atoms with Crippen LogP contribution < -0.4 is 10.2 Å². The van der Waals surface area contributed by atoms with Gasteiger partial charge in [-0.3, -0.25) is 14.7 Å². The Morgan fingerprint density at radius 2 is 1.96 bits per heavy atom. The summed E-state index contributed by atoms with van der Waals surface area (Å²) in [6, 6.07) is -0.224. The van der Waals surface area contributed by atoms with Crippen molar-refractivity contribution in [3.8, 4) is 0 Å². The van der Waals surface area contributed by atoms with Crippen LogP contribution in [0.1, 0.15) is 33.1 Å². The van der Waals surface area contributed by atoms with E-state index in [-0.39, 0.29) is 31.0 Å². The summed E-state index contributed by atoms with van der Waals surface area (Å²) < 4.78 is 0. The maximum atomic E-state index is 13.3. The van der Waals surface area contributed by atoms with E-state index in [4.69, 9.17) is 5.11 Å². The Balaban J connectivity index is 1.81. The van der Waals surface area contributed by atoms with E-state index in [0.717, 1.165) is 5.82 Å². The number of piperidine rings is 1. The van der Waals surface area contributed by atoms with Crippen molar-refractivity contribution >= 4 is 23.6 Å². The Hall–Kier alpha value is -2.42. The number of aromatic nitrogens is 2. The Morgan fingerprint density at radius 1 is 1.25 bits per heavy atom. The fourth-order valence-electron chi connectivity index (χ4n) is 4.04. The second kappa shape index (κ2) is 8.30. The predicted molar refractivity (Wildman–Crippen MR) is 106 cm³/mol. The summed E-state index contributed by atoms with van der Waals surface area (Å²) in [6.45, 7) is 6.14. The van der Waals surface area contributed by atoms with E-state index in [1.807, 2.05) is 0 Å². The monoisotopic (exact) mass is 390 g/mol. The molecular formula is C19H30N6O3. The molecule has 3 rings (SSSR count). The average Bonchev–Trinajstić information content (AvgIpc) is 2.88. The summed E-state index contributed by atoms with van der Waals surface area (Å²) >= 11 is 0. The first-order valence-electron chi connectivity index (χ1n) is 9.92. The topological polar surface area (TPSA) is 102 Å². The van der Waals surface area contributed by atoms with E-state index < -0.39 is 5.54 Å². The zero-order valence-electron chi connectivity index (χ0n) is 16.9. The third-order valence-corrected chi connectivity index (χ3v) is 5.50. The molecule has 1 spiro atoms. The quantitative estimate of drug-likeness (QED) is 0.674. The van der Waals surface area contributed by atoms with Crippen molar-refractivity contribution in [2.45, 2.75) is 38.6 Å². The third-order valence-electron chi connectivity index (χ3n) is 5.50. The molecule has 1 aromatic rings. The summed E-state index contributed by atoms with van der Waals surface area (Å²) in [4.78, 5) is 40.2. The molecule has 3 heterocycles. The van der Waals surface area contributed by atoms with Gasteiger partial charge in [0.2, 0.25) is 0 Å². The number of carbonyl (C=O) groups excluding carboxylic acids is 2. The lowest BCUT2D eigenvalue weighted by Gasteiger charge is -2.43. The molecule has 28 heavy (non-hydrogen) atoms. The molecule has 0 saturated carbocycles. The van der Waals surface area contributed by atoms with Crippen LogP contribution in [0.4, 0.5) is 16.4 Å². The van der Waals surface area contributed by atoms with Crippen LogP contribution in [0.3, 0.4) is 0 Å². The molecule has 9 nitrogen and oxygen atoms in total. The van der Waals surface area contributed by atoms with Crippen molar-refractivity contribution < 1.29 is 14.7 Å². The number of urea groups is 1. The van der Waals surface area contributed by atoms with Crippen molar-refractivity contribution in [1.82, 2.24) is 19.8 Å². The molecule has 2 N–H and O–H groups in total. The van der Waals surface area contributed by atoms with E-state index in [1.54, 1.807) is 24.3 Å². The number of amides is 3. The van der Waals surface area contributed by atoms with Crippen LogP contribution in [0.2, 0.25) is 0 Å². The summed E-state index contributed by atoms with van der Waals surface area (Å²) in [6.07, 6.45) is 4.91. The lowest BCUT2D eigenvalue weighted by molar-refractivity contribution is -0.134. The highest BCUT2D eigenvalue weighted by Gasteiger charge is 2.57. The summed E-state index contributed by atoms with van der Waals surface area (Å²) in [5, 5.41) is 12.1. The number of aliphatic hydroxyl groups is 1. The van der Waals surface area contributed by atoms with Crippen LogP contribution in [-0.4, -0.2) is 82.2 Å². The summed E-state index contributed by atoms with van der Waals surface area (Å²) in [5.74, 6) is 1.61. The number of nitrogens with zero attached hydrogens (tertiary/aromatic N) is 5. The molecule has 2 fully saturated rings. The number of aliphatic hydroxyl groups excluding tert-OH is 1. The number of anilines is 2. The minimum absolute atomic E-state index is 0.0392. The maximum absolute atomic E-state index is 13.3. The van der Waals surface area contributed by atoms with Gasteiger partial charge in [-0.15, -0.1) is 0 Å². The number of rotatable bonds is 7. The highest BCUT2D eigenvalue weighted by Crippen LogP contribution is 2.38. The third kappa shape index (κ3) is 3.63. The lowest BCUT2D eigenvalue weighted by Crippen LogP contribution is -2.57. The Kier molecular flexibility index (Phi) is 6.02. The van der Waals surface area contributed by atoms with E-state index in [0.29, 0.717) is 44.7 Å². The van der Waals surface area contributed by atoms with Crippen molar-refractivity contribution in [2.75, 3.05) is 50.1 Å². The minimum Gasteiger partial charge on any atom is -0.396 e. The molecule has 0 aliphatic carbocycles. The largest absolute Gasteiger partial charge is 0.396 e. The van der Waals surface area contributed by atoms with Crippen molar-refractivity contribution in [3.63, 3.8) is 0 Å². The molecule has 0 atom stereocenters. The minimum atomic E-state index is -0.790. The van der Waals surface area contributed by atoms with Crippen molar-refractivity contribution in [3.05, 3.63) is 12.4 Å². The van der Waals surface area contributed by atoms with Crippen LogP contribution in [0, 0.1) is 5.92 Å². The van der Waals surface area contributed by atoms with Gasteiger partial charge in [-0.05, 0) is 25.2 Å². The second-order valence-corrected chi connectivity index (χ2v) is 7.85.